The van der Waals surface area contributed by atoms with E-state index in [0.717, 1.165) is 28.9 Å². The lowest BCUT2D eigenvalue weighted by atomic mass is 9.96. The second-order valence-corrected chi connectivity index (χ2v) is 7.50. The van der Waals surface area contributed by atoms with Crippen LogP contribution < -0.4 is 9.62 Å². The summed E-state index contributed by atoms with van der Waals surface area (Å²) in [5.74, 6) is 0. The molecule has 3 rings (SSSR count). The van der Waals surface area contributed by atoms with Crippen molar-refractivity contribution < 1.29 is 8.42 Å². The molecule has 1 heterocycles. The van der Waals surface area contributed by atoms with E-state index in [4.69, 9.17) is 0 Å². The minimum atomic E-state index is -3.55. The molecule has 0 aromatic heterocycles. The Bertz CT molecular complexity index is 815. The molecular weight excluding hydrogens is 296 g/mol. The molecule has 4 nitrogen and oxygen atoms in total. The molecule has 2 aromatic carbocycles. The van der Waals surface area contributed by atoms with Gasteiger partial charge in [0.2, 0.25) is 0 Å². The van der Waals surface area contributed by atoms with Gasteiger partial charge >= 0.3 is 0 Å². The highest BCUT2D eigenvalue weighted by molar-refractivity contribution is 7.92. The van der Waals surface area contributed by atoms with Gasteiger partial charge in [0.05, 0.1) is 16.6 Å². The standard InChI is InChI=1S/C17H20N2O2S/c1-4-18-17-13-7-5-6-8-15(13)19(3)22(20,21)16-11-12(2)9-10-14(16)17/h5-11,17-18H,4H2,1-3H3. The fourth-order valence-electron chi connectivity index (χ4n) is 2.99. The quantitative estimate of drug-likeness (QED) is 0.927. The number of hydrogen-bond acceptors (Lipinski definition) is 3. The van der Waals surface area contributed by atoms with Gasteiger partial charge in [-0.05, 0) is 42.3 Å². The van der Waals surface area contributed by atoms with Crippen molar-refractivity contribution in [2.24, 2.45) is 0 Å². The van der Waals surface area contributed by atoms with Crippen molar-refractivity contribution in [1.82, 2.24) is 5.32 Å². The van der Waals surface area contributed by atoms with Crippen molar-refractivity contribution in [2.45, 2.75) is 24.8 Å². The Hall–Kier alpha value is -1.85. The van der Waals surface area contributed by atoms with E-state index in [-0.39, 0.29) is 6.04 Å². The average molecular weight is 316 g/mol. The van der Waals surface area contributed by atoms with Crippen LogP contribution in [0.25, 0.3) is 0 Å². The number of anilines is 1. The van der Waals surface area contributed by atoms with Crippen LogP contribution in [0.2, 0.25) is 0 Å². The number of nitrogens with zero attached hydrogens (tertiary/aromatic N) is 1. The zero-order chi connectivity index (χ0) is 15.9. The highest BCUT2D eigenvalue weighted by Gasteiger charge is 2.34. The fraction of sp³-hybridized carbons (Fsp3) is 0.294. The summed E-state index contributed by atoms with van der Waals surface area (Å²) in [7, 11) is -1.93. The van der Waals surface area contributed by atoms with Gasteiger partial charge in [0.1, 0.15) is 0 Å². The van der Waals surface area contributed by atoms with Gasteiger partial charge in [-0.15, -0.1) is 0 Å². The maximum Gasteiger partial charge on any atom is 0.264 e. The van der Waals surface area contributed by atoms with Crippen LogP contribution in [0.15, 0.2) is 47.4 Å². The molecule has 1 N–H and O–H groups in total. The van der Waals surface area contributed by atoms with E-state index in [1.165, 1.54) is 4.31 Å². The molecule has 0 amide bonds. The van der Waals surface area contributed by atoms with E-state index in [2.05, 4.69) is 5.32 Å². The summed E-state index contributed by atoms with van der Waals surface area (Å²) in [6.07, 6.45) is 0. The molecule has 0 aliphatic carbocycles. The number of benzene rings is 2. The van der Waals surface area contributed by atoms with Crippen molar-refractivity contribution in [3.8, 4) is 0 Å². The van der Waals surface area contributed by atoms with Gasteiger partial charge in [-0.1, -0.05) is 37.3 Å². The number of hydrogen-bond donors (Lipinski definition) is 1. The maximum atomic E-state index is 13.0. The summed E-state index contributed by atoms with van der Waals surface area (Å²) in [6.45, 7) is 4.70. The number of rotatable bonds is 2. The lowest BCUT2D eigenvalue weighted by Gasteiger charge is -2.21. The van der Waals surface area contributed by atoms with Gasteiger partial charge in [-0.3, -0.25) is 4.31 Å². The molecule has 116 valence electrons. The van der Waals surface area contributed by atoms with Gasteiger partial charge in [-0.2, -0.15) is 0 Å². The zero-order valence-electron chi connectivity index (χ0n) is 13.0. The van der Waals surface area contributed by atoms with Crippen molar-refractivity contribution in [1.29, 1.82) is 0 Å². The van der Waals surface area contributed by atoms with Crippen molar-refractivity contribution >= 4 is 15.7 Å². The summed E-state index contributed by atoms with van der Waals surface area (Å²) in [4.78, 5) is 0.386. The molecule has 1 aliphatic heterocycles. The van der Waals surface area contributed by atoms with E-state index >= 15 is 0 Å². The molecule has 0 spiro atoms. The topological polar surface area (TPSA) is 49.4 Å². The lowest BCUT2D eigenvalue weighted by molar-refractivity contribution is 0.590. The molecule has 1 unspecified atom stereocenters. The Kier molecular flexibility index (Phi) is 3.70. The highest BCUT2D eigenvalue weighted by Crippen LogP contribution is 2.40. The molecule has 0 fully saturated rings. The number of nitrogens with one attached hydrogen (secondary N) is 1. The number of aryl methyl sites for hydroxylation is 1. The summed E-state index contributed by atoms with van der Waals surface area (Å²) in [5.41, 5.74) is 3.46. The molecule has 0 radical (unpaired) electrons. The van der Waals surface area contributed by atoms with Crippen molar-refractivity contribution in [3.63, 3.8) is 0 Å². The molecule has 5 heteroatoms. The van der Waals surface area contributed by atoms with Crippen LogP contribution >= 0.6 is 0 Å². The SMILES string of the molecule is CCNC1c2ccccc2N(C)S(=O)(=O)c2cc(C)ccc21. The molecule has 0 saturated heterocycles. The summed E-state index contributed by atoms with van der Waals surface area (Å²) < 4.78 is 27.4. The first kappa shape index (κ1) is 15.1. The summed E-state index contributed by atoms with van der Waals surface area (Å²) in [5, 5.41) is 3.42. The Morgan fingerprint density at radius 1 is 1.14 bits per heavy atom. The second kappa shape index (κ2) is 5.41. The molecule has 0 saturated carbocycles. The number of fused-ring (bicyclic) bond motifs is 2. The van der Waals surface area contributed by atoms with Crippen LogP contribution in [0.5, 0.6) is 0 Å². The van der Waals surface area contributed by atoms with Crippen LogP contribution in [0, 0.1) is 6.92 Å². The first-order valence-electron chi connectivity index (χ1n) is 7.38. The van der Waals surface area contributed by atoms with Gasteiger partial charge < -0.3 is 5.32 Å². The summed E-state index contributed by atoms with van der Waals surface area (Å²) in [6, 6.07) is 13.2. The number of sulfonamides is 1. The Balaban J connectivity index is 2.38. The first-order valence-corrected chi connectivity index (χ1v) is 8.82. The van der Waals surface area contributed by atoms with Crippen LogP contribution in [-0.4, -0.2) is 22.0 Å². The second-order valence-electron chi connectivity index (χ2n) is 5.56. The Morgan fingerprint density at radius 2 is 1.86 bits per heavy atom. The normalized spacial score (nSPS) is 19.2. The van der Waals surface area contributed by atoms with Crippen molar-refractivity contribution in [3.05, 3.63) is 59.2 Å². The minimum Gasteiger partial charge on any atom is -0.306 e. The fourth-order valence-corrected chi connectivity index (χ4v) is 4.53. The average Bonchev–Trinajstić information content (AvgIpc) is 2.57. The molecule has 22 heavy (non-hydrogen) atoms. The first-order chi connectivity index (χ1) is 10.5. The molecule has 0 bridgehead atoms. The summed E-state index contributed by atoms with van der Waals surface area (Å²) >= 11 is 0. The largest absolute Gasteiger partial charge is 0.306 e. The van der Waals surface area contributed by atoms with Gasteiger partial charge in [0.25, 0.3) is 10.0 Å². The van der Waals surface area contributed by atoms with Crippen LogP contribution in [0.1, 0.15) is 29.7 Å². The third-order valence-corrected chi connectivity index (χ3v) is 5.94. The molecule has 1 aliphatic rings. The van der Waals surface area contributed by atoms with Crippen molar-refractivity contribution in [2.75, 3.05) is 17.9 Å². The van der Waals surface area contributed by atoms with Crippen LogP contribution in [0.3, 0.4) is 0 Å². The van der Waals surface area contributed by atoms with Gasteiger partial charge in [0.15, 0.2) is 0 Å². The third kappa shape index (κ3) is 2.21. The zero-order valence-corrected chi connectivity index (χ0v) is 13.8. The van der Waals surface area contributed by atoms with Crippen LogP contribution in [0.4, 0.5) is 5.69 Å². The molecule has 2 aromatic rings. The van der Waals surface area contributed by atoms with E-state index in [1.807, 2.05) is 50.2 Å². The number of para-hydroxylation sites is 1. The minimum absolute atomic E-state index is 0.128. The van der Waals surface area contributed by atoms with E-state index < -0.39 is 10.0 Å². The van der Waals surface area contributed by atoms with Gasteiger partial charge in [-0.25, -0.2) is 8.42 Å². The monoisotopic (exact) mass is 316 g/mol. The molecule has 1 atom stereocenters. The smallest absolute Gasteiger partial charge is 0.264 e. The van der Waals surface area contributed by atoms with Crippen LogP contribution in [-0.2, 0) is 10.0 Å². The van der Waals surface area contributed by atoms with E-state index in [1.54, 1.807) is 13.1 Å². The Labute approximate surface area is 131 Å². The van der Waals surface area contributed by atoms with Gasteiger partial charge in [0, 0.05) is 7.05 Å². The predicted octanol–water partition coefficient (Wildman–Crippen LogP) is 2.83. The molecular formula is C17H20N2O2S. The lowest BCUT2D eigenvalue weighted by Crippen LogP contribution is -2.26. The third-order valence-electron chi connectivity index (χ3n) is 4.11. The predicted molar refractivity (Wildman–Crippen MR) is 88.7 cm³/mol. The maximum absolute atomic E-state index is 13.0. The van der Waals surface area contributed by atoms with E-state index in [0.29, 0.717) is 4.90 Å². The Morgan fingerprint density at radius 3 is 2.59 bits per heavy atom. The highest BCUT2D eigenvalue weighted by atomic mass is 32.2. The van der Waals surface area contributed by atoms with E-state index in [9.17, 15) is 8.42 Å².